The van der Waals surface area contributed by atoms with Crippen LogP contribution in [0.5, 0.6) is 0 Å². The fourth-order valence-corrected chi connectivity index (χ4v) is 2.97. The molecular weight excluding hydrogens is 318 g/mol. The van der Waals surface area contributed by atoms with Crippen molar-refractivity contribution in [1.29, 1.82) is 0 Å². The molecule has 3 aromatic rings. The lowest BCUT2D eigenvalue weighted by Crippen LogP contribution is -2.14. The van der Waals surface area contributed by atoms with Crippen LogP contribution in [-0.4, -0.2) is 15.7 Å². The van der Waals surface area contributed by atoms with E-state index in [0.29, 0.717) is 0 Å². The fraction of sp³-hybridized carbons (Fsp3) is 0.208. The normalized spacial score (nSPS) is 11.0. The van der Waals surface area contributed by atoms with Crippen molar-refractivity contribution in [2.45, 2.75) is 33.3 Å². The molecule has 130 valence electrons. The molecular formula is C24H23NO. The molecule has 0 fully saturated rings. The molecule has 26 heavy (non-hydrogen) atoms. The van der Waals surface area contributed by atoms with Crippen LogP contribution in [0.15, 0.2) is 60.9 Å². The van der Waals surface area contributed by atoms with Crippen molar-refractivity contribution in [3.05, 3.63) is 77.6 Å². The second-order valence-corrected chi connectivity index (χ2v) is 7.05. The van der Waals surface area contributed by atoms with Crippen LogP contribution in [0, 0.1) is 25.7 Å². The Balaban J connectivity index is 2.33. The second-order valence-electron chi connectivity index (χ2n) is 7.05. The third-order valence-electron chi connectivity index (χ3n) is 4.31. The summed E-state index contributed by atoms with van der Waals surface area (Å²) in [5.74, 6) is 6.21. The predicted molar refractivity (Wildman–Crippen MR) is 108 cm³/mol. The van der Waals surface area contributed by atoms with Gasteiger partial charge in [0.15, 0.2) is 0 Å². The highest BCUT2D eigenvalue weighted by atomic mass is 16.3. The van der Waals surface area contributed by atoms with Crippen LogP contribution in [0.25, 0.3) is 22.3 Å². The number of aliphatic hydroxyl groups is 1. The SMILES string of the molecule is Cc1ccccc1-c1cncc(-c2ccccc2C)c1C#CC(C)(C)O. The van der Waals surface area contributed by atoms with Gasteiger partial charge in [0.05, 0.1) is 0 Å². The van der Waals surface area contributed by atoms with Crippen molar-refractivity contribution in [3.63, 3.8) is 0 Å². The van der Waals surface area contributed by atoms with Gasteiger partial charge in [-0.15, -0.1) is 0 Å². The topological polar surface area (TPSA) is 33.1 Å². The summed E-state index contributed by atoms with van der Waals surface area (Å²) in [4.78, 5) is 4.49. The molecule has 3 rings (SSSR count). The number of aromatic nitrogens is 1. The molecule has 1 aromatic heterocycles. The van der Waals surface area contributed by atoms with Crippen LogP contribution < -0.4 is 0 Å². The summed E-state index contributed by atoms with van der Waals surface area (Å²) in [5.41, 5.74) is 6.36. The van der Waals surface area contributed by atoms with E-state index in [-0.39, 0.29) is 0 Å². The molecule has 0 atom stereocenters. The van der Waals surface area contributed by atoms with Crippen LogP contribution in [0.2, 0.25) is 0 Å². The third-order valence-corrected chi connectivity index (χ3v) is 4.31. The first-order chi connectivity index (χ1) is 12.4. The maximum atomic E-state index is 10.1. The van der Waals surface area contributed by atoms with Gasteiger partial charge >= 0.3 is 0 Å². The number of nitrogens with zero attached hydrogens (tertiary/aromatic N) is 1. The number of pyridine rings is 1. The zero-order valence-electron chi connectivity index (χ0n) is 15.7. The Hall–Kier alpha value is -2.89. The van der Waals surface area contributed by atoms with Gasteiger partial charge in [0.2, 0.25) is 0 Å². The Morgan fingerprint density at radius 3 is 1.65 bits per heavy atom. The highest BCUT2D eigenvalue weighted by Gasteiger charge is 2.15. The van der Waals surface area contributed by atoms with Gasteiger partial charge in [0.1, 0.15) is 5.60 Å². The number of aryl methyl sites for hydroxylation is 2. The second kappa shape index (κ2) is 7.15. The molecule has 0 aliphatic heterocycles. The first kappa shape index (κ1) is 17.9. The first-order valence-electron chi connectivity index (χ1n) is 8.72. The summed E-state index contributed by atoms with van der Waals surface area (Å²) >= 11 is 0. The summed E-state index contributed by atoms with van der Waals surface area (Å²) in [6, 6.07) is 16.4. The van der Waals surface area contributed by atoms with Crippen molar-refractivity contribution in [2.24, 2.45) is 0 Å². The van der Waals surface area contributed by atoms with Crippen molar-refractivity contribution < 1.29 is 5.11 Å². The predicted octanol–water partition coefficient (Wildman–Crippen LogP) is 5.15. The summed E-state index contributed by atoms with van der Waals surface area (Å²) in [6.07, 6.45) is 3.72. The van der Waals surface area contributed by atoms with E-state index in [1.807, 2.05) is 36.7 Å². The molecule has 0 saturated heterocycles. The van der Waals surface area contributed by atoms with Crippen molar-refractivity contribution in [2.75, 3.05) is 0 Å². The smallest absolute Gasteiger partial charge is 0.120 e. The van der Waals surface area contributed by atoms with Crippen LogP contribution in [0.1, 0.15) is 30.5 Å². The molecule has 0 amide bonds. The Morgan fingerprint density at radius 1 is 0.769 bits per heavy atom. The molecule has 0 aliphatic rings. The molecule has 0 aliphatic carbocycles. The van der Waals surface area contributed by atoms with Gasteiger partial charge in [-0.25, -0.2) is 0 Å². The van der Waals surface area contributed by atoms with Crippen molar-refractivity contribution in [3.8, 4) is 34.1 Å². The third kappa shape index (κ3) is 3.85. The van der Waals surface area contributed by atoms with Gasteiger partial charge in [0, 0.05) is 29.1 Å². The number of hydrogen-bond acceptors (Lipinski definition) is 2. The molecule has 1 heterocycles. The van der Waals surface area contributed by atoms with Gasteiger partial charge in [-0.2, -0.15) is 0 Å². The molecule has 2 nitrogen and oxygen atoms in total. The number of benzene rings is 2. The standard InChI is InChI=1S/C24H23NO/c1-17-9-5-7-11-19(17)22-15-25-16-23(20-12-8-6-10-18(20)2)21(22)13-14-24(3,4)26/h5-12,15-16,26H,1-4H3. The average molecular weight is 341 g/mol. The molecule has 0 bridgehead atoms. The minimum atomic E-state index is -1.06. The Labute approximate surface area is 155 Å². The lowest BCUT2D eigenvalue weighted by atomic mass is 9.90. The molecule has 0 unspecified atom stereocenters. The van der Waals surface area contributed by atoms with Gasteiger partial charge in [0.25, 0.3) is 0 Å². The fourth-order valence-electron chi connectivity index (χ4n) is 2.97. The minimum absolute atomic E-state index is 0.894. The van der Waals surface area contributed by atoms with Crippen LogP contribution >= 0.6 is 0 Å². The number of hydrogen-bond donors (Lipinski definition) is 1. The molecule has 2 aromatic carbocycles. The van der Waals surface area contributed by atoms with E-state index in [4.69, 9.17) is 0 Å². The zero-order chi connectivity index (χ0) is 18.7. The maximum Gasteiger partial charge on any atom is 0.120 e. The quantitative estimate of drug-likeness (QED) is 0.654. The van der Waals surface area contributed by atoms with Gasteiger partial charge in [-0.1, -0.05) is 60.4 Å². The van der Waals surface area contributed by atoms with E-state index in [9.17, 15) is 5.11 Å². The molecule has 0 saturated carbocycles. The lowest BCUT2D eigenvalue weighted by molar-refractivity contribution is 0.143. The zero-order valence-corrected chi connectivity index (χ0v) is 15.7. The maximum absolute atomic E-state index is 10.1. The van der Waals surface area contributed by atoms with Gasteiger partial charge < -0.3 is 5.11 Å². The highest BCUT2D eigenvalue weighted by Crippen LogP contribution is 2.33. The Morgan fingerprint density at radius 2 is 1.23 bits per heavy atom. The van der Waals surface area contributed by atoms with Gasteiger partial charge in [-0.05, 0) is 49.9 Å². The average Bonchev–Trinajstić information content (AvgIpc) is 2.60. The minimum Gasteiger partial charge on any atom is -0.378 e. The van der Waals surface area contributed by atoms with E-state index in [1.165, 1.54) is 11.1 Å². The van der Waals surface area contributed by atoms with Gasteiger partial charge in [-0.3, -0.25) is 4.98 Å². The van der Waals surface area contributed by atoms with E-state index in [0.717, 1.165) is 27.8 Å². The van der Waals surface area contributed by atoms with Crippen molar-refractivity contribution >= 4 is 0 Å². The molecule has 2 heteroatoms. The molecule has 0 radical (unpaired) electrons. The Bertz CT molecular complexity index is 937. The highest BCUT2D eigenvalue weighted by molar-refractivity contribution is 5.83. The molecule has 1 N–H and O–H groups in total. The molecule has 0 spiro atoms. The summed E-state index contributed by atoms with van der Waals surface area (Å²) in [5, 5.41) is 10.1. The van der Waals surface area contributed by atoms with E-state index in [1.54, 1.807) is 13.8 Å². The summed E-state index contributed by atoms with van der Waals surface area (Å²) in [7, 11) is 0. The van der Waals surface area contributed by atoms with Crippen LogP contribution in [-0.2, 0) is 0 Å². The van der Waals surface area contributed by atoms with Crippen LogP contribution in [0.4, 0.5) is 0 Å². The largest absolute Gasteiger partial charge is 0.378 e. The van der Waals surface area contributed by atoms with Crippen molar-refractivity contribution in [1.82, 2.24) is 4.98 Å². The Kier molecular flexibility index (Phi) is 4.93. The number of rotatable bonds is 2. The van der Waals surface area contributed by atoms with E-state index in [2.05, 4.69) is 54.9 Å². The van der Waals surface area contributed by atoms with Crippen LogP contribution in [0.3, 0.4) is 0 Å². The first-order valence-corrected chi connectivity index (χ1v) is 8.72. The monoisotopic (exact) mass is 341 g/mol. The summed E-state index contributed by atoms with van der Waals surface area (Å²) in [6.45, 7) is 7.57. The summed E-state index contributed by atoms with van der Waals surface area (Å²) < 4.78 is 0. The van der Waals surface area contributed by atoms with E-state index >= 15 is 0 Å². The lowest BCUT2D eigenvalue weighted by Gasteiger charge is -2.14. The van der Waals surface area contributed by atoms with E-state index < -0.39 is 5.60 Å².